The molecule has 0 saturated carbocycles. The van der Waals surface area contributed by atoms with Crippen LogP contribution in [0.2, 0.25) is 0 Å². The molecule has 1 aromatic rings. The molecule has 7 nitrogen and oxygen atoms in total. The zero-order valence-corrected chi connectivity index (χ0v) is 12.1. The first-order chi connectivity index (χ1) is 10.5. The number of amides is 1. The number of carbonyl (C=O) groups is 3. The number of phenolic OH excluding ortho intramolecular Hbond substituents is 1. The molecular formula is C15H17NO6. The minimum atomic E-state index is -0.661. The fourth-order valence-electron chi connectivity index (χ4n) is 2.16. The Bertz CT molecular complexity index is 598. The number of hydrogen-bond donors (Lipinski definition) is 2. The Hall–Kier alpha value is -2.57. The van der Waals surface area contributed by atoms with Gasteiger partial charge in [-0.15, -0.1) is 0 Å². The number of cyclic esters (lactones) is 1. The lowest BCUT2D eigenvalue weighted by Crippen LogP contribution is -2.17. The number of ether oxygens (including phenoxy) is 2. The second-order valence-corrected chi connectivity index (χ2v) is 4.96. The number of hydrogen-bond acceptors (Lipinski definition) is 6. The third kappa shape index (κ3) is 3.97. The van der Waals surface area contributed by atoms with E-state index in [-0.39, 0.29) is 55.2 Å². The Morgan fingerprint density at radius 1 is 1.45 bits per heavy atom. The molecule has 2 N–H and O–H groups in total. The number of carbonyl (C=O) groups excluding carboxylic acids is 3. The Kier molecular flexibility index (Phi) is 4.98. The molecule has 1 saturated heterocycles. The maximum absolute atomic E-state index is 11.9. The van der Waals surface area contributed by atoms with E-state index in [1.807, 2.05) is 0 Å². The van der Waals surface area contributed by atoms with Crippen molar-refractivity contribution < 1.29 is 29.0 Å². The first-order valence-electron chi connectivity index (χ1n) is 6.95. The van der Waals surface area contributed by atoms with Gasteiger partial charge in [0.1, 0.15) is 11.3 Å². The van der Waals surface area contributed by atoms with E-state index in [1.54, 1.807) is 6.92 Å². The molecular weight excluding hydrogens is 290 g/mol. The first-order valence-corrected chi connectivity index (χ1v) is 6.95. The molecule has 0 spiro atoms. The molecule has 1 atom stereocenters. The van der Waals surface area contributed by atoms with Gasteiger partial charge in [0.2, 0.25) is 5.91 Å². The predicted molar refractivity (Wildman–Crippen MR) is 76.4 cm³/mol. The molecule has 7 heteroatoms. The molecule has 0 aromatic heterocycles. The highest BCUT2D eigenvalue weighted by molar-refractivity contribution is 5.96. The van der Waals surface area contributed by atoms with Crippen LogP contribution in [-0.4, -0.2) is 36.2 Å². The molecule has 1 amide bonds. The van der Waals surface area contributed by atoms with E-state index in [0.29, 0.717) is 5.69 Å². The third-order valence-corrected chi connectivity index (χ3v) is 3.19. The van der Waals surface area contributed by atoms with Crippen LogP contribution in [0.15, 0.2) is 18.2 Å². The van der Waals surface area contributed by atoms with Crippen LogP contribution in [0.25, 0.3) is 0 Å². The van der Waals surface area contributed by atoms with Crippen LogP contribution >= 0.6 is 0 Å². The fourth-order valence-corrected chi connectivity index (χ4v) is 2.16. The molecule has 2 rings (SSSR count). The SMILES string of the molecule is CCOC(=O)c1cc(NC(=O)C[C@H]2COC(=O)C2)ccc1O. The van der Waals surface area contributed by atoms with Crippen LogP contribution in [0.4, 0.5) is 5.69 Å². The van der Waals surface area contributed by atoms with Gasteiger partial charge in [-0.25, -0.2) is 4.79 Å². The summed E-state index contributed by atoms with van der Waals surface area (Å²) in [6.45, 7) is 2.09. The van der Waals surface area contributed by atoms with Gasteiger partial charge in [0.25, 0.3) is 0 Å². The van der Waals surface area contributed by atoms with E-state index in [4.69, 9.17) is 9.47 Å². The molecule has 22 heavy (non-hydrogen) atoms. The van der Waals surface area contributed by atoms with Gasteiger partial charge in [-0.1, -0.05) is 0 Å². The Balaban J connectivity index is 2.00. The molecule has 0 aliphatic carbocycles. The molecule has 1 heterocycles. The standard InChI is InChI=1S/C15H17NO6/c1-2-21-15(20)11-7-10(3-4-12(11)17)16-13(18)5-9-6-14(19)22-8-9/h3-4,7,9,17H,2,5-6,8H2,1H3,(H,16,18)/t9-/m1/s1. The van der Waals surface area contributed by atoms with Crippen molar-refractivity contribution in [1.82, 2.24) is 0 Å². The molecule has 0 radical (unpaired) electrons. The van der Waals surface area contributed by atoms with E-state index in [0.717, 1.165) is 0 Å². The lowest BCUT2D eigenvalue weighted by molar-refractivity contribution is -0.138. The molecule has 1 aliphatic heterocycles. The van der Waals surface area contributed by atoms with Gasteiger partial charge < -0.3 is 19.9 Å². The number of benzene rings is 1. The van der Waals surface area contributed by atoms with Gasteiger partial charge in [-0.3, -0.25) is 9.59 Å². The van der Waals surface area contributed by atoms with Crippen molar-refractivity contribution >= 4 is 23.5 Å². The highest BCUT2D eigenvalue weighted by Gasteiger charge is 2.26. The van der Waals surface area contributed by atoms with Crippen molar-refractivity contribution in [3.8, 4) is 5.75 Å². The van der Waals surface area contributed by atoms with Gasteiger partial charge in [-0.2, -0.15) is 0 Å². The smallest absolute Gasteiger partial charge is 0.341 e. The quantitative estimate of drug-likeness (QED) is 0.631. The summed E-state index contributed by atoms with van der Waals surface area (Å²) in [6.07, 6.45) is 0.387. The monoisotopic (exact) mass is 307 g/mol. The summed E-state index contributed by atoms with van der Waals surface area (Å²) >= 11 is 0. The number of nitrogens with one attached hydrogen (secondary N) is 1. The molecule has 1 aromatic carbocycles. The Morgan fingerprint density at radius 2 is 2.23 bits per heavy atom. The minimum absolute atomic E-state index is 0.0148. The van der Waals surface area contributed by atoms with E-state index in [2.05, 4.69) is 5.32 Å². The molecule has 1 aliphatic rings. The number of esters is 2. The van der Waals surface area contributed by atoms with Crippen molar-refractivity contribution in [3.05, 3.63) is 23.8 Å². The topological polar surface area (TPSA) is 102 Å². The summed E-state index contributed by atoms with van der Waals surface area (Å²) in [4.78, 5) is 34.6. The fraction of sp³-hybridized carbons (Fsp3) is 0.400. The lowest BCUT2D eigenvalue weighted by atomic mass is 10.0. The lowest BCUT2D eigenvalue weighted by Gasteiger charge is -2.10. The molecule has 0 unspecified atom stereocenters. The van der Waals surface area contributed by atoms with Gasteiger partial charge in [0.05, 0.1) is 19.6 Å². The van der Waals surface area contributed by atoms with Gasteiger partial charge in [0, 0.05) is 18.0 Å². The maximum atomic E-state index is 11.9. The van der Waals surface area contributed by atoms with E-state index in [9.17, 15) is 19.5 Å². The second-order valence-electron chi connectivity index (χ2n) is 4.96. The molecule has 1 fully saturated rings. The number of anilines is 1. The van der Waals surface area contributed by atoms with Crippen LogP contribution < -0.4 is 5.32 Å². The van der Waals surface area contributed by atoms with Crippen LogP contribution in [0.5, 0.6) is 5.75 Å². The average Bonchev–Trinajstić information content (AvgIpc) is 2.86. The van der Waals surface area contributed by atoms with Crippen molar-refractivity contribution in [2.45, 2.75) is 19.8 Å². The number of aromatic hydroxyl groups is 1. The zero-order valence-electron chi connectivity index (χ0n) is 12.1. The van der Waals surface area contributed by atoms with Crippen LogP contribution in [-0.2, 0) is 19.1 Å². The third-order valence-electron chi connectivity index (χ3n) is 3.19. The average molecular weight is 307 g/mol. The maximum Gasteiger partial charge on any atom is 0.341 e. The van der Waals surface area contributed by atoms with Crippen molar-refractivity contribution in [2.24, 2.45) is 5.92 Å². The first kappa shape index (κ1) is 15.8. The van der Waals surface area contributed by atoms with Gasteiger partial charge in [0.15, 0.2) is 0 Å². The summed E-state index contributed by atoms with van der Waals surface area (Å²) in [5.74, 6) is -1.60. The second kappa shape index (κ2) is 6.93. The van der Waals surface area contributed by atoms with E-state index >= 15 is 0 Å². The number of rotatable bonds is 5. The highest BCUT2D eigenvalue weighted by atomic mass is 16.5. The highest BCUT2D eigenvalue weighted by Crippen LogP contribution is 2.23. The summed E-state index contributed by atoms with van der Waals surface area (Å²) in [7, 11) is 0. The van der Waals surface area contributed by atoms with Crippen LogP contribution in [0, 0.1) is 5.92 Å². The summed E-state index contributed by atoms with van der Waals surface area (Å²) in [5, 5.41) is 12.3. The van der Waals surface area contributed by atoms with E-state index in [1.165, 1.54) is 18.2 Å². The zero-order chi connectivity index (χ0) is 16.1. The van der Waals surface area contributed by atoms with Crippen LogP contribution in [0.3, 0.4) is 0 Å². The van der Waals surface area contributed by atoms with Crippen molar-refractivity contribution in [3.63, 3.8) is 0 Å². The molecule has 0 bridgehead atoms. The van der Waals surface area contributed by atoms with Crippen molar-refractivity contribution in [1.29, 1.82) is 0 Å². The van der Waals surface area contributed by atoms with Gasteiger partial charge >= 0.3 is 11.9 Å². The summed E-state index contributed by atoms with van der Waals surface area (Å²) in [5.41, 5.74) is 0.357. The Labute approximate surface area is 127 Å². The Morgan fingerprint density at radius 3 is 2.86 bits per heavy atom. The normalized spacial score (nSPS) is 17.0. The van der Waals surface area contributed by atoms with Crippen LogP contribution in [0.1, 0.15) is 30.1 Å². The molecule has 118 valence electrons. The minimum Gasteiger partial charge on any atom is -0.507 e. The number of phenols is 1. The summed E-state index contributed by atoms with van der Waals surface area (Å²) < 4.78 is 9.62. The largest absolute Gasteiger partial charge is 0.507 e. The van der Waals surface area contributed by atoms with E-state index < -0.39 is 5.97 Å². The van der Waals surface area contributed by atoms with Crippen molar-refractivity contribution in [2.75, 3.05) is 18.5 Å². The van der Waals surface area contributed by atoms with Gasteiger partial charge in [-0.05, 0) is 25.1 Å². The summed E-state index contributed by atoms with van der Waals surface area (Å²) in [6, 6.07) is 4.14. The predicted octanol–water partition coefficient (Wildman–Crippen LogP) is 1.46.